The predicted molar refractivity (Wildman–Crippen MR) is 67.4 cm³/mol. The van der Waals surface area contributed by atoms with Gasteiger partial charge in [-0.3, -0.25) is 4.90 Å². The zero-order valence-electron chi connectivity index (χ0n) is 10.8. The maximum atomic E-state index is 13.6. The molecule has 0 radical (unpaired) electrons. The number of rotatable bonds is 3. The van der Waals surface area contributed by atoms with Crippen LogP contribution < -0.4 is 0 Å². The fraction of sp³-hybridized carbons (Fsp3) is 0.500. The number of aromatic carboxylic acids is 1. The highest BCUT2D eigenvalue weighted by molar-refractivity contribution is 5.87. The molecule has 19 heavy (non-hydrogen) atoms. The van der Waals surface area contributed by atoms with E-state index in [1.54, 1.807) is 30.0 Å². The molecule has 1 saturated heterocycles. The largest absolute Gasteiger partial charge is 0.478 e. The summed E-state index contributed by atoms with van der Waals surface area (Å²) in [6.45, 7) is 2.30. The van der Waals surface area contributed by atoms with Crippen LogP contribution >= 0.6 is 0 Å². The minimum Gasteiger partial charge on any atom is -0.478 e. The molecule has 3 nitrogen and oxygen atoms in total. The Hall–Kier alpha value is -1.49. The highest BCUT2D eigenvalue weighted by Crippen LogP contribution is 2.32. The summed E-state index contributed by atoms with van der Waals surface area (Å²) >= 11 is 0. The molecule has 0 spiro atoms. The highest BCUT2D eigenvalue weighted by Gasteiger charge is 2.41. The van der Waals surface area contributed by atoms with Crippen molar-refractivity contribution in [2.24, 2.45) is 5.92 Å². The lowest BCUT2D eigenvalue weighted by atomic mass is 9.94. The summed E-state index contributed by atoms with van der Waals surface area (Å²) in [6, 6.07) is 6.45. The Bertz CT molecular complexity index is 476. The van der Waals surface area contributed by atoms with Crippen molar-refractivity contribution in [2.45, 2.75) is 25.8 Å². The van der Waals surface area contributed by atoms with Gasteiger partial charge in [-0.2, -0.15) is 0 Å². The van der Waals surface area contributed by atoms with Crippen molar-refractivity contribution in [2.75, 3.05) is 13.1 Å². The minimum absolute atomic E-state index is 0.189. The van der Waals surface area contributed by atoms with E-state index in [9.17, 15) is 13.6 Å². The fourth-order valence-corrected chi connectivity index (χ4v) is 2.32. The number of nitrogens with zero attached hydrogens (tertiary/aromatic N) is 1. The van der Waals surface area contributed by atoms with Crippen molar-refractivity contribution >= 4 is 5.97 Å². The Morgan fingerprint density at radius 3 is 2.89 bits per heavy atom. The van der Waals surface area contributed by atoms with Crippen molar-refractivity contribution in [3.63, 3.8) is 0 Å². The van der Waals surface area contributed by atoms with Gasteiger partial charge in [-0.15, -0.1) is 0 Å². The van der Waals surface area contributed by atoms with Crippen molar-refractivity contribution < 1.29 is 18.7 Å². The number of halogens is 2. The van der Waals surface area contributed by atoms with E-state index >= 15 is 0 Å². The van der Waals surface area contributed by atoms with E-state index in [2.05, 4.69) is 0 Å². The normalized spacial score (nSPS) is 23.2. The van der Waals surface area contributed by atoms with Gasteiger partial charge in [0.25, 0.3) is 5.92 Å². The van der Waals surface area contributed by atoms with Crippen molar-refractivity contribution in [3.8, 4) is 0 Å². The number of hydrogen-bond donors (Lipinski definition) is 1. The van der Waals surface area contributed by atoms with Crippen molar-refractivity contribution in [3.05, 3.63) is 35.4 Å². The maximum absolute atomic E-state index is 13.6. The number of carboxylic acids is 1. The van der Waals surface area contributed by atoms with E-state index in [0.29, 0.717) is 19.5 Å². The topological polar surface area (TPSA) is 40.5 Å². The molecule has 104 valence electrons. The first-order chi connectivity index (χ1) is 8.88. The summed E-state index contributed by atoms with van der Waals surface area (Å²) in [5, 5.41) is 8.90. The molecular weight excluding hydrogens is 252 g/mol. The van der Waals surface area contributed by atoms with Gasteiger partial charge < -0.3 is 5.11 Å². The second-order valence-electron chi connectivity index (χ2n) is 5.17. The molecule has 1 unspecified atom stereocenters. The molecule has 0 bridgehead atoms. The zero-order valence-corrected chi connectivity index (χ0v) is 10.8. The van der Waals surface area contributed by atoms with Crippen LogP contribution in [0, 0.1) is 5.92 Å². The van der Waals surface area contributed by atoms with Crippen LogP contribution in [0.3, 0.4) is 0 Å². The van der Waals surface area contributed by atoms with Crippen molar-refractivity contribution in [1.82, 2.24) is 4.90 Å². The average Bonchev–Trinajstić information content (AvgIpc) is 2.34. The Morgan fingerprint density at radius 2 is 2.26 bits per heavy atom. The third-order valence-electron chi connectivity index (χ3n) is 3.61. The first-order valence-corrected chi connectivity index (χ1v) is 6.31. The molecule has 0 aliphatic carbocycles. The Kier molecular flexibility index (Phi) is 3.85. The van der Waals surface area contributed by atoms with Crippen LogP contribution in [0.15, 0.2) is 24.3 Å². The average molecular weight is 269 g/mol. The van der Waals surface area contributed by atoms with Crippen LogP contribution in [0.4, 0.5) is 8.78 Å². The van der Waals surface area contributed by atoms with E-state index in [4.69, 9.17) is 5.11 Å². The number of hydrogen-bond acceptors (Lipinski definition) is 2. The first-order valence-electron chi connectivity index (χ1n) is 6.31. The molecule has 1 N–H and O–H groups in total. The van der Waals surface area contributed by atoms with Gasteiger partial charge in [0.2, 0.25) is 0 Å². The summed E-state index contributed by atoms with van der Waals surface area (Å²) in [5.41, 5.74) is 0.944. The molecule has 1 aliphatic rings. The number of alkyl halides is 2. The van der Waals surface area contributed by atoms with Crippen LogP contribution in [-0.2, 0) is 6.54 Å². The standard InChI is InChI=1S/C14H17F2NO2/c1-10-5-6-17(9-14(10,15)16)8-11-3-2-4-12(7-11)13(18)19/h2-4,7,10H,5-6,8-9H2,1H3,(H,18,19). The smallest absolute Gasteiger partial charge is 0.335 e. The van der Waals surface area contributed by atoms with E-state index in [0.717, 1.165) is 5.56 Å². The van der Waals surface area contributed by atoms with Gasteiger partial charge in [0, 0.05) is 12.5 Å². The molecule has 1 atom stereocenters. The molecule has 0 aromatic heterocycles. The number of likely N-dealkylation sites (tertiary alicyclic amines) is 1. The van der Waals surface area contributed by atoms with Crippen LogP contribution in [0.25, 0.3) is 0 Å². The van der Waals surface area contributed by atoms with Crippen LogP contribution in [0.2, 0.25) is 0 Å². The van der Waals surface area contributed by atoms with E-state index in [-0.39, 0.29) is 12.1 Å². The van der Waals surface area contributed by atoms with Crippen molar-refractivity contribution in [1.29, 1.82) is 0 Å². The second-order valence-corrected chi connectivity index (χ2v) is 5.17. The summed E-state index contributed by atoms with van der Waals surface area (Å²) in [4.78, 5) is 12.5. The lowest BCUT2D eigenvalue weighted by Gasteiger charge is -2.36. The third-order valence-corrected chi connectivity index (χ3v) is 3.61. The number of benzene rings is 1. The lowest BCUT2D eigenvalue weighted by Crippen LogP contribution is -2.47. The van der Waals surface area contributed by atoms with Gasteiger partial charge in [0.05, 0.1) is 12.1 Å². The quantitative estimate of drug-likeness (QED) is 0.917. The van der Waals surface area contributed by atoms with Gasteiger partial charge in [0.1, 0.15) is 0 Å². The molecule has 0 saturated carbocycles. The fourth-order valence-electron chi connectivity index (χ4n) is 2.32. The third kappa shape index (κ3) is 3.29. The molecule has 5 heteroatoms. The van der Waals surface area contributed by atoms with Gasteiger partial charge >= 0.3 is 5.97 Å². The van der Waals surface area contributed by atoms with Crippen LogP contribution in [-0.4, -0.2) is 35.0 Å². The Labute approximate surface area is 110 Å². The van der Waals surface area contributed by atoms with E-state index < -0.39 is 17.8 Å². The summed E-state index contributed by atoms with van der Waals surface area (Å²) in [5.74, 6) is -4.25. The van der Waals surface area contributed by atoms with E-state index in [1.807, 2.05) is 0 Å². The molecule has 1 aromatic rings. The van der Waals surface area contributed by atoms with Crippen LogP contribution in [0.1, 0.15) is 29.3 Å². The Morgan fingerprint density at radius 1 is 1.53 bits per heavy atom. The molecule has 1 aliphatic heterocycles. The number of carbonyl (C=O) groups is 1. The summed E-state index contributed by atoms with van der Waals surface area (Å²) in [6.07, 6.45) is 0.464. The van der Waals surface area contributed by atoms with Gasteiger partial charge in [-0.25, -0.2) is 13.6 Å². The van der Waals surface area contributed by atoms with E-state index in [1.165, 1.54) is 6.07 Å². The van der Waals surface area contributed by atoms with Crippen LogP contribution in [0.5, 0.6) is 0 Å². The summed E-state index contributed by atoms with van der Waals surface area (Å²) in [7, 11) is 0. The number of piperidine rings is 1. The highest BCUT2D eigenvalue weighted by atomic mass is 19.3. The second kappa shape index (κ2) is 5.25. The molecule has 1 fully saturated rings. The SMILES string of the molecule is CC1CCN(Cc2cccc(C(=O)O)c2)CC1(F)F. The predicted octanol–water partition coefficient (Wildman–Crippen LogP) is 2.86. The molecular formula is C14H17F2NO2. The number of carboxylic acid groups (broad SMARTS) is 1. The van der Waals surface area contributed by atoms with Gasteiger partial charge in [-0.05, 0) is 30.7 Å². The Balaban J connectivity index is 2.05. The minimum atomic E-state index is -2.66. The first kappa shape index (κ1) is 13.9. The van der Waals surface area contributed by atoms with Gasteiger partial charge in [-0.1, -0.05) is 19.1 Å². The maximum Gasteiger partial charge on any atom is 0.335 e. The monoisotopic (exact) mass is 269 g/mol. The molecule has 2 rings (SSSR count). The summed E-state index contributed by atoms with van der Waals surface area (Å²) < 4.78 is 27.2. The molecule has 1 aromatic carbocycles. The zero-order chi connectivity index (χ0) is 14.0. The lowest BCUT2D eigenvalue weighted by molar-refractivity contribution is -0.106. The molecule has 1 heterocycles. The molecule has 0 amide bonds. The van der Waals surface area contributed by atoms with Gasteiger partial charge in [0.15, 0.2) is 0 Å².